The fourth-order valence-corrected chi connectivity index (χ4v) is 2.66. The molecule has 0 fully saturated rings. The Balaban J connectivity index is 0.00000312. The van der Waals surface area contributed by atoms with E-state index in [2.05, 4.69) is 39.8 Å². The van der Waals surface area contributed by atoms with Gasteiger partial charge in [0, 0.05) is 45.6 Å². The van der Waals surface area contributed by atoms with Gasteiger partial charge in [-0.05, 0) is 19.4 Å². The zero-order valence-electron chi connectivity index (χ0n) is 15.5. The van der Waals surface area contributed by atoms with Crippen molar-refractivity contribution in [1.29, 1.82) is 0 Å². The highest BCUT2D eigenvalue weighted by Gasteiger charge is 2.12. The maximum Gasteiger partial charge on any atom is 0.191 e. The number of rotatable bonds is 6. The van der Waals surface area contributed by atoms with Crippen molar-refractivity contribution in [1.82, 2.24) is 20.4 Å². The van der Waals surface area contributed by atoms with Gasteiger partial charge in [-0.1, -0.05) is 30.3 Å². The number of benzene rings is 1. The smallest absolute Gasteiger partial charge is 0.191 e. The number of methoxy groups -OCH3 is 1. The molecule has 138 valence electrons. The molecule has 0 aliphatic rings. The quantitative estimate of drug-likeness (QED) is 0.398. The van der Waals surface area contributed by atoms with Gasteiger partial charge in [0.1, 0.15) is 0 Å². The average Bonchev–Trinajstić information content (AvgIpc) is 2.84. The number of hydrogen-bond donors (Lipinski definition) is 2. The van der Waals surface area contributed by atoms with Gasteiger partial charge in [0.15, 0.2) is 5.96 Å². The molecule has 0 saturated carbocycles. The summed E-state index contributed by atoms with van der Waals surface area (Å²) >= 11 is 0. The van der Waals surface area contributed by atoms with Crippen molar-refractivity contribution in [2.24, 2.45) is 12.0 Å². The van der Waals surface area contributed by atoms with E-state index in [0.29, 0.717) is 13.1 Å². The molecule has 7 heteroatoms. The van der Waals surface area contributed by atoms with Crippen molar-refractivity contribution >= 4 is 29.9 Å². The fraction of sp³-hybridized carbons (Fsp3) is 0.444. The summed E-state index contributed by atoms with van der Waals surface area (Å²) in [6, 6.07) is 10.2. The van der Waals surface area contributed by atoms with Crippen LogP contribution in [-0.4, -0.2) is 36.4 Å². The van der Waals surface area contributed by atoms with Crippen molar-refractivity contribution in [2.45, 2.75) is 26.5 Å². The van der Waals surface area contributed by atoms with Crippen molar-refractivity contribution in [3.05, 3.63) is 52.8 Å². The SMILES string of the molecule is CN=C(NCc1c(C)nn(C)c1C)NCC(OC)c1ccccc1.I. The molecule has 6 nitrogen and oxygen atoms in total. The highest BCUT2D eigenvalue weighted by Crippen LogP contribution is 2.15. The van der Waals surface area contributed by atoms with E-state index in [1.54, 1.807) is 14.2 Å². The van der Waals surface area contributed by atoms with E-state index in [0.717, 1.165) is 22.9 Å². The summed E-state index contributed by atoms with van der Waals surface area (Å²) < 4.78 is 7.48. The van der Waals surface area contributed by atoms with Gasteiger partial charge in [-0.3, -0.25) is 9.67 Å². The number of guanidine groups is 1. The predicted octanol–water partition coefficient (Wildman–Crippen LogP) is 2.71. The normalized spacial score (nSPS) is 12.4. The third kappa shape index (κ3) is 5.71. The van der Waals surface area contributed by atoms with Gasteiger partial charge in [0.25, 0.3) is 0 Å². The Morgan fingerprint density at radius 3 is 2.44 bits per heavy atom. The molecular formula is C18H28IN5O. The Kier molecular flexibility index (Phi) is 8.91. The molecule has 1 atom stereocenters. The molecule has 1 aromatic heterocycles. The van der Waals surface area contributed by atoms with Crippen LogP contribution in [0.4, 0.5) is 0 Å². The highest BCUT2D eigenvalue weighted by molar-refractivity contribution is 14.0. The molecule has 0 aliphatic carbocycles. The molecule has 0 amide bonds. The van der Waals surface area contributed by atoms with Crippen molar-refractivity contribution in [3.8, 4) is 0 Å². The molecule has 25 heavy (non-hydrogen) atoms. The maximum atomic E-state index is 5.58. The molecule has 0 saturated heterocycles. The van der Waals surface area contributed by atoms with E-state index >= 15 is 0 Å². The lowest BCUT2D eigenvalue weighted by Gasteiger charge is -2.18. The van der Waals surface area contributed by atoms with Gasteiger partial charge in [-0.2, -0.15) is 5.10 Å². The number of nitrogens with zero attached hydrogens (tertiary/aromatic N) is 3. The molecule has 1 unspecified atom stereocenters. The number of hydrogen-bond acceptors (Lipinski definition) is 3. The maximum absolute atomic E-state index is 5.58. The molecular weight excluding hydrogens is 429 g/mol. The molecule has 0 aliphatic heterocycles. The largest absolute Gasteiger partial charge is 0.375 e. The van der Waals surface area contributed by atoms with Gasteiger partial charge in [-0.25, -0.2) is 0 Å². The molecule has 0 bridgehead atoms. The van der Waals surface area contributed by atoms with Gasteiger partial charge in [0.2, 0.25) is 0 Å². The number of aromatic nitrogens is 2. The van der Waals surface area contributed by atoms with Gasteiger partial charge < -0.3 is 15.4 Å². The molecule has 2 N–H and O–H groups in total. The van der Waals surface area contributed by atoms with Crippen LogP contribution < -0.4 is 10.6 Å². The van der Waals surface area contributed by atoms with Crippen LogP contribution in [0, 0.1) is 13.8 Å². The first-order chi connectivity index (χ1) is 11.6. The Hall–Kier alpha value is -1.61. The van der Waals surface area contributed by atoms with E-state index in [4.69, 9.17) is 4.74 Å². The first-order valence-electron chi connectivity index (χ1n) is 8.08. The van der Waals surface area contributed by atoms with E-state index in [1.165, 1.54) is 5.56 Å². The second kappa shape index (κ2) is 10.4. The molecule has 1 heterocycles. The lowest BCUT2D eigenvalue weighted by molar-refractivity contribution is 0.106. The minimum atomic E-state index is -0.0217. The van der Waals surface area contributed by atoms with E-state index in [9.17, 15) is 0 Å². The Labute approximate surface area is 167 Å². The summed E-state index contributed by atoms with van der Waals surface area (Å²) in [5.41, 5.74) is 4.54. The third-order valence-corrected chi connectivity index (χ3v) is 4.23. The van der Waals surface area contributed by atoms with E-state index in [1.807, 2.05) is 36.9 Å². The number of halogens is 1. The summed E-state index contributed by atoms with van der Waals surface area (Å²) in [5.74, 6) is 0.746. The van der Waals surface area contributed by atoms with Crippen molar-refractivity contribution in [2.75, 3.05) is 20.7 Å². The van der Waals surface area contributed by atoms with Gasteiger partial charge in [-0.15, -0.1) is 24.0 Å². The number of nitrogens with one attached hydrogen (secondary N) is 2. The van der Waals surface area contributed by atoms with Crippen LogP contribution in [0.3, 0.4) is 0 Å². The fourth-order valence-electron chi connectivity index (χ4n) is 2.66. The van der Waals surface area contributed by atoms with Crippen LogP contribution in [0.15, 0.2) is 35.3 Å². The van der Waals surface area contributed by atoms with Crippen LogP contribution in [0.1, 0.15) is 28.6 Å². The Morgan fingerprint density at radius 2 is 1.92 bits per heavy atom. The summed E-state index contributed by atoms with van der Waals surface area (Å²) in [5, 5.41) is 11.1. The van der Waals surface area contributed by atoms with Crippen LogP contribution >= 0.6 is 24.0 Å². The van der Waals surface area contributed by atoms with Gasteiger partial charge >= 0.3 is 0 Å². The molecule has 1 aromatic carbocycles. The first kappa shape index (κ1) is 21.4. The second-order valence-electron chi connectivity index (χ2n) is 5.71. The minimum absolute atomic E-state index is 0. The predicted molar refractivity (Wildman–Crippen MR) is 112 cm³/mol. The highest BCUT2D eigenvalue weighted by atomic mass is 127. The second-order valence-corrected chi connectivity index (χ2v) is 5.71. The molecule has 2 aromatic rings. The van der Waals surface area contributed by atoms with E-state index < -0.39 is 0 Å². The lowest BCUT2D eigenvalue weighted by atomic mass is 10.1. The topological polar surface area (TPSA) is 63.5 Å². The summed E-state index contributed by atoms with van der Waals surface area (Å²) in [6.45, 7) is 5.43. The molecule has 0 spiro atoms. The summed E-state index contributed by atoms with van der Waals surface area (Å²) in [4.78, 5) is 4.28. The van der Waals surface area contributed by atoms with Crippen LogP contribution in [-0.2, 0) is 18.3 Å². The van der Waals surface area contributed by atoms with Crippen LogP contribution in [0.5, 0.6) is 0 Å². The molecule has 0 radical (unpaired) electrons. The first-order valence-corrected chi connectivity index (χ1v) is 8.08. The number of aliphatic imine (C=N–C) groups is 1. The van der Waals surface area contributed by atoms with Crippen molar-refractivity contribution in [3.63, 3.8) is 0 Å². The van der Waals surface area contributed by atoms with Crippen LogP contribution in [0.2, 0.25) is 0 Å². The zero-order valence-corrected chi connectivity index (χ0v) is 17.9. The number of ether oxygens (including phenoxy) is 1. The van der Waals surface area contributed by atoms with E-state index in [-0.39, 0.29) is 30.1 Å². The standard InChI is InChI=1S/C18H27N5O.HI/c1-13-16(14(2)23(4)22-13)11-20-18(19-3)21-12-17(24-5)15-9-7-6-8-10-15;/h6-10,17H,11-12H2,1-5H3,(H2,19,20,21);1H. The summed E-state index contributed by atoms with van der Waals surface area (Å²) in [6.07, 6.45) is -0.0217. The minimum Gasteiger partial charge on any atom is -0.375 e. The average molecular weight is 457 g/mol. The molecule has 2 rings (SSSR count). The summed E-state index contributed by atoms with van der Waals surface area (Å²) in [7, 11) is 5.45. The lowest BCUT2D eigenvalue weighted by Crippen LogP contribution is -2.39. The third-order valence-electron chi connectivity index (χ3n) is 4.23. The Bertz CT molecular complexity index is 684. The van der Waals surface area contributed by atoms with Gasteiger partial charge in [0.05, 0.1) is 11.8 Å². The Morgan fingerprint density at radius 1 is 1.24 bits per heavy atom. The van der Waals surface area contributed by atoms with Crippen LogP contribution in [0.25, 0.3) is 0 Å². The van der Waals surface area contributed by atoms with Crippen molar-refractivity contribution < 1.29 is 4.74 Å². The number of aryl methyl sites for hydroxylation is 2. The zero-order chi connectivity index (χ0) is 17.5. The monoisotopic (exact) mass is 457 g/mol.